The fourth-order valence-corrected chi connectivity index (χ4v) is 5.10. The largest absolute Gasteiger partial charge is 0.292 e. The molecule has 0 amide bonds. The van der Waals surface area contributed by atoms with Gasteiger partial charge in [-0.2, -0.15) is 0 Å². The van der Waals surface area contributed by atoms with E-state index >= 15 is 0 Å². The van der Waals surface area contributed by atoms with Crippen molar-refractivity contribution in [2.75, 3.05) is 0 Å². The van der Waals surface area contributed by atoms with Gasteiger partial charge in [0.25, 0.3) is 0 Å². The Morgan fingerprint density at radius 1 is 0.438 bits per heavy atom. The van der Waals surface area contributed by atoms with Crippen molar-refractivity contribution in [2.24, 2.45) is 0 Å². The molecule has 0 atom stereocenters. The molecule has 2 aromatic carbocycles. The molecule has 0 aliphatic heterocycles. The predicted molar refractivity (Wildman–Crippen MR) is 129 cm³/mol. The van der Waals surface area contributed by atoms with Crippen molar-refractivity contribution in [2.45, 2.75) is 0 Å². The molecular formula is C27H15N5. The highest BCUT2D eigenvalue weighted by atomic mass is 15.0. The summed E-state index contributed by atoms with van der Waals surface area (Å²) in [7, 11) is 0. The molecule has 32 heavy (non-hydrogen) atoms. The molecule has 0 aliphatic rings. The number of benzene rings is 2. The Bertz CT molecular complexity index is 1900. The van der Waals surface area contributed by atoms with Crippen LogP contribution in [-0.4, -0.2) is 23.8 Å². The number of hydrogen-bond donors (Lipinski definition) is 0. The van der Waals surface area contributed by atoms with Crippen molar-refractivity contribution >= 4 is 66.2 Å². The van der Waals surface area contributed by atoms with E-state index in [0.717, 1.165) is 66.2 Å². The number of fused-ring (bicyclic) bond motifs is 13. The first kappa shape index (κ1) is 16.2. The molecule has 0 aliphatic carbocycles. The molecule has 5 heteroatoms. The number of nitrogens with zero attached hydrogens (tertiary/aromatic N) is 5. The first-order valence-electron chi connectivity index (χ1n) is 10.7. The van der Waals surface area contributed by atoms with Crippen molar-refractivity contribution in [3.63, 3.8) is 0 Å². The summed E-state index contributed by atoms with van der Waals surface area (Å²) in [5.74, 6) is 0. The summed E-state index contributed by atoms with van der Waals surface area (Å²) in [6, 6.07) is 31.3. The minimum atomic E-state index is 0.853. The van der Waals surface area contributed by atoms with Crippen LogP contribution in [0.1, 0.15) is 0 Å². The second kappa shape index (κ2) is 5.59. The summed E-state index contributed by atoms with van der Waals surface area (Å²) in [5, 5.41) is 2.25. The quantitative estimate of drug-likeness (QED) is 0.302. The standard InChI is InChI=1S/C27H15N5/c1-3-11-20-16(7-1)26-22-15-23-27(30-26)17-8-2-4-12-21(17)32(23)25-14-6-10-19(29-25)18-9-5-13-24(28-18)31(20)22/h1-15H. The monoisotopic (exact) mass is 409 g/mol. The van der Waals surface area contributed by atoms with Gasteiger partial charge in [0.1, 0.15) is 11.3 Å². The van der Waals surface area contributed by atoms with Crippen LogP contribution in [0, 0.1) is 0 Å². The Labute approximate surface area is 181 Å². The van der Waals surface area contributed by atoms with Gasteiger partial charge in [-0.15, -0.1) is 0 Å². The predicted octanol–water partition coefficient (Wildman–Crippen LogP) is 6.14. The third-order valence-corrected chi connectivity index (χ3v) is 6.45. The average Bonchev–Trinajstić information content (AvgIpc) is 3.34. The van der Waals surface area contributed by atoms with Crippen molar-refractivity contribution in [3.05, 3.63) is 91.0 Å². The lowest BCUT2D eigenvalue weighted by molar-refractivity contribution is 1.26. The molecule has 0 saturated carbocycles. The molecule has 0 spiro atoms. The van der Waals surface area contributed by atoms with Crippen LogP contribution in [-0.2, 0) is 0 Å². The topological polar surface area (TPSA) is 47.5 Å². The summed E-state index contributed by atoms with van der Waals surface area (Å²) in [4.78, 5) is 15.3. The van der Waals surface area contributed by atoms with Crippen LogP contribution in [0.25, 0.3) is 66.2 Å². The molecule has 148 valence electrons. The number of pyridine rings is 3. The lowest BCUT2D eigenvalue weighted by Crippen LogP contribution is -1.89. The third-order valence-electron chi connectivity index (χ3n) is 6.45. The number of rotatable bonds is 0. The maximum Gasteiger partial charge on any atom is 0.138 e. The molecule has 0 radical (unpaired) electrons. The summed E-state index contributed by atoms with van der Waals surface area (Å²) in [6.45, 7) is 0. The van der Waals surface area contributed by atoms with Gasteiger partial charge in [0.15, 0.2) is 0 Å². The Kier molecular flexibility index (Phi) is 2.83. The summed E-state index contributed by atoms with van der Waals surface area (Å²) in [6.07, 6.45) is 0. The summed E-state index contributed by atoms with van der Waals surface area (Å²) >= 11 is 0. The van der Waals surface area contributed by atoms with Gasteiger partial charge < -0.3 is 0 Å². The van der Waals surface area contributed by atoms with E-state index < -0.39 is 0 Å². The lowest BCUT2D eigenvalue weighted by Gasteiger charge is -1.99. The van der Waals surface area contributed by atoms with Crippen LogP contribution in [0.2, 0.25) is 0 Å². The second-order valence-electron chi connectivity index (χ2n) is 8.19. The van der Waals surface area contributed by atoms with Gasteiger partial charge in [0.05, 0.1) is 44.1 Å². The second-order valence-corrected chi connectivity index (χ2v) is 8.19. The number of hydrogen-bond acceptors (Lipinski definition) is 3. The van der Waals surface area contributed by atoms with Crippen LogP contribution in [0.3, 0.4) is 0 Å². The maximum absolute atomic E-state index is 5.24. The normalized spacial score (nSPS) is 12.4. The van der Waals surface area contributed by atoms with Crippen LogP contribution < -0.4 is 0 Å². The number of para-hydroxylation sites is 2. The fraction of sp³-hybridized carbons (Fsp3) is 0. The average molecular weight is 409 g/mol. The molecule has 6 bridgehead atoms. The molecule has 6 aromatic heterocycles. The molecule has 8 aromatic rings. The zero-order chi connectivity index (χ0) is 20.8. The van der Waals surface area contributed by atoms with E-state index in [0.29, 0.717) is 0 Å². The van der Waals surface area contributed by atoms with E-state index in [1.54, 1.807) is 0 Å². The Morgan fingerprint density at radius 3 is 1.47 bits per heavy atom. The van der Waals surface area contributed by atoms with Gasteiger partial charge in [-0.3, -0.25) is 8.80 Å². The number of aromatic nitrogens is 5. The maximum atomic E-state index is 5.24. The Balaban J connectivity index is 1.86. The van der Waals surface area contributed by atoms with Crippen LogP contribution in [0.5, 0.6) is 0 Å². The summed E-state index contributed by atoms with van der Waals surface area (Å²) in [5.41, 5.74) is 9.70. The van der Waals surface area contributed by atoms with Crippen LogP contribution >= 0.6 is 0 Å². The summed E-state index contributed by atoms with van der Waals surface area (Å²) < 4.78 is 4.44. The smallest absolute Gasteiger partial charge is 0.138 e. The van der Waals surface area contributed by atoms with Crippen molar-refractivity contribution in [1.29, 1.82) is 0 Å². The molecule has 8 rings (SSSR count). The van der Waals surface area contributed by atoms with Crippen molar-refractivity contribution in [3.8, 4) is 0 Å². The SMILES string of the molecule is c1ccc2c(c1)c1nc3c4ccccc4n4c5cccc(n5)c5cccc(n5)n2c1cc34. The minimum absolute atomic E-state index is 0.853. The minimum Gasteiger partial charge on any atom is -0.292 e. The van der Waals surface area contributed by atoms with Gasteiger partial charge in [0.2, 0.25) is 0 Å². The Hall–Kier alpha value is -4.51. The highest BCUT2D eigenvalue weighted by Gasteiger charge is 2.17. The Morgan fingerprint density at radius 2 is 0.938 bits per heavy atom. The van der Waals surface area contributed by atoms with E-state index in [1.807, 2.05) is 24.3 Å². The molecule has 6 heterocycles. The molecule has 0 unspecified atom stereocenters. The highest BCUT2D eigenvalue weighted by molar-refractivity contribution is 6.15. The van der Waals surface area contributed by atoms with Gasteiger partial charge in [-0.1, -0.05) is 48.5 Å². The van der Waals surface area contributed by atoms with E-state index in [9.17, 15) is 0 Å². The van der Waals surface area contributed by atoms with E-state index in [4.69, 9.17) is 15.0 Å². The third kappa shape index (κ3) is 1.91. The highest BCUT2D eigenvalue weighted by Crippen LogP contribution is 2.34. The molecule has 0 saturated heterocycles. The van der Waals surface area contributed by atoms with Gasteiger partial charge in [0, 0.05) is 10.8 Å². The molecular weight excluding hydrogens is 394 g/mol. The van der Waals surface area contributed by atoms with Crippen molar-refractivity contribution in [1.82, 2.24) is 23.8 Å². The molecule has 5 nitrogen and oxygen atoms in total. The zero-order valence-electron chi connectivity index (χ0n) is 16.9. The first-order chi connectivity index (χ1) is 15.9. The molecule has 0 fully saturated rings. The van der Waals surface area contributed by atoms with Crippen molar-refractivity contribution < 1.29 is 0 Å². The fourth-order valence-electron chi connectivity index (χ4n) is 5.10. The van der Waals surface area contributed by atoms with E-state index in [2.05, 4.69) is 75.5 Å². The zero-order valence-corrected chi connectivity index (χ0v) is 16.9. The van der Waals surface area contributed by atoms with E-state index in [1.165, 1.54) is 0 Å². The van der Waals surface area contributed by atoms with Gasteiger partial charge in [-0.25, -0.2) is 15.0 Å². The lowest BCUT2D eigenvalue weighted by atomic mass is 10.2. The van der Waals surface area contributed by atoms with Crippen LogP contribution in [0.15, 0.2) is 91.0 Å². The molecule has 0 N–H and O–H groups in total. The van der Waals surface area contributed by atoms with Gasteiger partial charge >= 0.3 is 0 Å². The van der Waals surface area contributed by atoms with E-state index in [-0.39, 0.29) is 0 Å². The van der Waals surface area contributed by atoms with Gasteiger partial charge in [-0.05, 0) is 42.5 Å². The van der Waals surface area contributed by atoms with Crippen LogP contribution in [0.4, 0.5) is 0 Å². The first-order valence-corrected chi connectivity index (χ1v) is 10.7.